The summed E-state index contributed by atoms with van der Waals surface area (Å²) in [4.78, 5) is 12.5. The van der Waals surface area contributed by atoms with Crippen molar-refractivity contribution in [2.75, 3.05) is 0 Å². The van der Waals surface area contributed by atoms with Gasteiger partial charge in [-0.3, -0.25) is 4.79 Å². The minimum atomic E-state index is -0.194. The number of hydrogen-bond acceptors (Lipinski definition) is 3. The van der Waals surface area contributed by atoms with Crippen molar-refractivity contribution in [3.05, 3.63) is 56.1 Å². The standard InChI is InChI=1S/C15H6BrClO3/c16-7-4-5-8-11(6-7)20-14-12-9(17)2-1-3-10(12)19-15(14)13(8)18/h1-6H. The fraction of sp³-hybridized carbons (Fsp3) is 0. The highest BCUT2D eigenvalue weighted by Gasteiger charge is 2.17. The Morgan fingerprint density at radius 3 is 2.65 bits per heavy atom. The molecule has 2 heterocycles. The second kappa shape index (κ2) is 4.11. The third-order valence-corrected chi connectivity index (χ3v) is 4.04. The topological polar surface area (TPSA) is 43.4 Å². The van der Waals surface area contributed by atoms with Crippen molar-refractivity contribution >= 4 is 60.6 Å². The molecule has 0 saturated heterocycles. The summed E-state index contributed by atoms with van der Waals surface area (Å²) in [7, 11) is 0. The Labute approximate surface area is 125 Å². The van der Waals surface area contributed by atoms with Gasteiger partial charge >= 0.3 is 0 Å². The van der Waals surface area contributed by atoms with Crippen LogP contribution in [0.3, 0.4) is 0 Å². The SMILES string of the molecule is O=c1c2ccc(Br)cc2oc2c1oc1cccc(Cl)c12. The molecule has 20 heavy (non-hydrogen) atoms. The molecule has 0 atom stereocenters. The zero-order chi connectivity index (χ0) is 13.9. The summed E-state index contributed by atoms with van der Waals surface area (Å²) < 4.78 is 12.3. The van der Waals surface area contributed by atoms with E-state index in [1.165, 1.54) is 0 Å². The largest absolute Gasteiger partial charge is 0.452 e. The second-order valence-electron chi connectivity index (χ2n) is 4.44. The Morgan fingerprint density at radius 1 is 1.00 bits per heavy atom. The van der Waals surface area contributed by atoms with Gasteiger partial charge in [0.25, 0.3) is 0 Å². The fourth-order valence-electron chi connectivity index (χ4n) is 2.33. The van der Waals surface area contributed by atoms with E-state index in [4.69, 9.17) is 20.4 Å². The number of fused-ring (bicyclic) bond motifs is 4. The van der Waals surface area contributed by atoms with Crippen molar-refractivity contribution in [2.45, 2.75) is 0 Å². The molecule has 4 aromatic rings. The Kier molecular flexibility index (Phi) is 2.46. The van der Waals surface area contributed by atoms with Crippen molar-refractivity contribution in [3.8, 4) is 0 Å². The molecule has 0 aliphatic carbocycles. The van der Waals surface area contributed by atoms with E-state index in [1.807, 2.05) is 0 Å². The van der Waals surface area contributed by atoms with Crippen LogP contribution in [0.15, 0.2) is 54.5 Å². The van der Waals surface area contributed by atoms with Crippen molar-refractivity contribution in [1.82, 2.24) is 0 Å². The fourth-order valence-corrected chi connectivity index (χ4v) is 2.92. The van der Waals surface area contributed by atoms with E-state index >= 15 is 0 Å². The van der Waals surface area contributed by atoms with Crippen molar-refractivity contribution in [3.63, 3.8) is 0 Å². The maximum Gasteiger partial charge on any atom is 0.235 e. The maximum absolute atomic E-state index is 12.5. The van der Waals surface area contributed by atoms with Gasteiger partial charge in [-0.2, -0.15) is 0 Å². The lowest BCUT2D eigenvalue weighted by Gasteiger charge is -1.98. The summed E-state index contributed by atoms with van der Waals surface area (Å²) in [6, 6.07) is 10.5. The van der Waals surface area contributed by atoms with E-state index in [9.17, 15) is 4.79 Å². The molecule has 5 heteroatoms. The summed E-state index contributed by atoms with van der Waals surface area (Å²) in [6.07, 6.45) is 0. The predicted octanol–water partition coefficient (Wildman–Crippen LogP) is 5.11. The number of halogens is 2. The molecule has 0 unspecified atom stereocenters. The smallest absolute Gasteiger partial charge is 0.235 e. The van der Waals surface area contributed by atoms with Crippen LogP contribution >= 0.6 is 27.5 Å². The molecule has 0 amide bonds. The van der Waals surface area contributed by atoms with Crippen molar-refractivity contribution in [1.29, 1.82) is 0 Å². The zero-order valence-electron chi connectivity index (χ0n) is 9.94. The van der Waals surface area contributed by atoms with Crippen LogP contribution in [0.25, 0.3) is 33.1 Å². The Hall–Kier alpha value is -1.78. The monoisotopic (exact) mass is 348 g/mol. The van der Waals surface area contributed by atoms with Gasteiger partial charge in [0, 0.05) is 4.47 Å². The molecule has 0 N–H and O–H groups in total. The van der Waals surface area contributed by atoms with Gasteiger partial charge < -0.3 is 8.83 Å². The van der Waals surface area contributed by atoms with Crippen LogP contribution in [-0.2, 0) is 0 Å². The first-order valence-electron chi connectivity index (χ1n) is 5.88. The Bertz CT molecular complexity index is 1050. The molecule has 0 spiro atoms. The molecular weight excluding hydrogens is 344 g/mol. The molecule has 0 saturated carbocycles. The third kappa shape index (κ3) is 1.55. The molecule has 98 valence electrons. The van der Waals surface area contributed by atoms with Gasteiger partial charge in [0.05, 0.1) is 15.8 Å². The molecule has 2 aromatic heterocycles. The lowest BCUT2D eigenvalue weighted by atomic mass is 10.2. The van der Waals surface area contributed by atoms with E-state index < -0.39 is 0 Å². The van der Waals surface area contributed by atoms with Crippen LogP contribution in [0, 0.1) is 0 Å². The summed E-state index contributed by atoms with van der Waals surface area (Å²) in [5.41, 5.74) is 1.44. The van der Waals surface area contributed by atoms with Crippen molar-refractivity contribution in [2.24, 2.45) is 0 Å². The molecule has 0 aliphatic rings. The van der Waals surface area contributed by atoms with Gasteiger partial charge in [-0.1, -0.05) is 33.6 Å². The average molecular weight is 350 g/mol. The minimum Gasteiger partial charge on any atom is -0.452 e. The summed E-state index contributed by atoms with van der Waals surface area (Å²) in [5, 5.41) is 1.61. The Balaban J connectivity index is 2.34. The summed E-state index contributed by atoms with van der Waals surface area (Å²) in [6.45, 7) is 0. The van der Waals surface area contributed by atoms with Crippen LogP contribution < -0.4 is 5.43 Å². The third-order valence-electron chi connectivity index (χ3n) is 3.23. The van der Waals surface area contributed by atoms with Crippen LogP contribution in [0.1, 0.15) is 0 Å². The number of hydrogen-bond donors (Lipinski definition) is 0. The van der Waals surface area contributed by atoms with Gasteiger partial charge in [0.1, 0.15) is 11.2 Å². The van der Waals surface area contributed by atoms with Gasteiger partial charge in [-0.15, -0.1) is 0 Å². The first-order valence-corrected chi connectivity index (χ1v) is 7.05. The van der Waals surface area contributed by atoms with E-state index in [-0.39, 0.29) is 11.0 Å². The highest BCUT2D eigenvalue weighted by atomic mass is 79.9. The van der Waals surface area contributed by atoms with Crippen LogP contribution in [0.2, 0.25) is 5.02 Å². The number of benzene rings is 2. The molecule has 0 radical (unpaired) electrons. The molecule has 0 bridgehead atoms. The van der Waals surface area contributed by atoms with Gasteiger partial charge in [-0.25, -0.2) is 0 Å². The van der Waals surface area contributed by atoms with Crippen LogP contribution in [-0.4, -0.2) is 0 Å². The Morgan fingerprint density at radius 2 is 1.80 bits per heavy atom. The summed E-state index contributed by atoms with van der Waals surface area (Å²) in [5.74, 6) is 0. The second-order valence-corrected chi connectivity index (χ2v) is 5.77. The van der Waals surface area contributed by atoms with Crippen molar-refractivity contribution < 1.29 is 8.83 Å². The molecule has 2 aromatic carbocycles. The summed E-state index contributed by atoms with van der Waals surface area (Å²) >= 11 is 9.55. The molecule has 0 fully saturated rings. The van der Waals surface area contributed by atoms with E-state index in [2.05, 4.69) is 15.9 Å². The zero-order valence-corrected chi connectivity index (χ0v) is 12.3. The molecular formula is C15H6BrClO3. The van der Waals surface area contributed by atoms with E-state index in [1.54, 1.807) is 36.4 Å². The molecule has 4 rings (SSSR count). The minimum absolute atomic E-state index is 0.194. The highest BCUT2D eigenvalue weighted by Crippen LogP contribution is 2.34. The average Bonchev–Trinajstić information content (AvgIpc) is 2.79. The van der Waals surface area contributed by atoms with Gasteiger partial charge in [0.15, 0.2) is 5.58 Å². The first kappa shape index (κ1) is 12.0. The van der Waals surface area contributed by atoms with Gasteiger partial charge in [0.2, 0.25) is 11.0 Å². The maximum atomic E-state index is 12.5. The van der Waals surface area contributed by atoms with Crippen LogP contribution in [0.4, 0.5) is 0 Å². The van der Waals surface area contributed by atoms with Crippen LogP contribution in [0.5, 0.6) is 0 Å². The quantitative estimate of drug-likeness (QED) is 0.443. The predicted molar refractivity (Wildman–Crippen MR) is 82.5 cm³/mol. The lowest BCUT2D eigenvalue weighted by molar-refractivity contribution is 0.630. The normalized spacial score (nSPS) is 11.7. The highest BCUT2D eigenvalue weighted by molar-refractivity contribution is 9.10. The molecule has 3 nitrogen and oxygen atoms in total. The number of rotatable bonds is 0. The van der Waals surface area contributed by atoms with E-state index in [0.717, 1.165) is 4.47 Å². The number of furan rings is 1. The van der Waals surface area contributed by atoms with Gasteiger partial charge in [-0.05, 0) is 30.3 Å². The molecule has 0 aliphatic heterocycles. The first-order chi connectivity index (χ1) is 9.65. The van der Waals surface area contributed by atoms with E-state index in [0.29, 0.717) is 32.5 Å². The lowest BCUT2D eigenvalue weighted by Crippen LogP contribution is -2.00.